The topological polar surface area (TPSA) is 64.0 Å². The number of aryl methyl sites for hydroxylation is 1. The highest BCUT2D eigenvalue weighted by Gasteiger charge is 2.29. The quantitative estimate of drug-likeness (QED) is 0.929. The number of aromatic nitrogens is 2. The first-order valence-corrected chi connectivity index (χ1v) is 6.77. The highest BCUT2D eigenvalue weighted by Crippen LogP contribution is 2.19. The van der Waals surface area contributed by atoms with Crippen LogP contribution in [0.25, 0.3) is 5.69 Å². The summed E-state index contributed by atoms with van der Waals surface area (Å²) in [5, 5.41) is 5.78. The fraction of sp³-hybridized carbons (Fsp3) is 0.214. The van der Waals surface area contributed by atoms with Crippen LogP contribution in [0.2, 0.25) is 5.02 Å². The molecule has 122 valence electrons. The number of nitrogens with one attached hydrogen (secondary N) is 1. The van der Waals surface area contributed by atoms with Crippen LogP contribution in [-0.2, 0) is 0 Å². The molecule has 0 saturated heterocycles. The SMILES string of the molecule is Cc1cc(=O)c(C(=O)NCC(F)(F)F)nn1-c1ccccc1Cl. The molecule has 1 heterocycles. The molecule has 0 unspecified atom stereocenters. The number of halogens is 4. The van der Waals surface area contributed by atoms with Gasteiger partial charge in [0, 0.05) is 11.8 Å². The Hall–Kier alpha value is -2.35. The molecule has 0 fully saturated rings. The Balaban J connectivity index is 2.43. The maximum absolute atomic E-state index is 12.2. The van der Waals surface area contributed by atoms with E-state index in [1.165, 1.54) is 4.68 Å². The monoisotopic (exact) mass is 345 g/mol. The second-order valence-corrected chi connectivity index (χ2v) is 5.07. The van der Waals surface area contributed by atoms with Crippen LogP contribution in [0, 0.1) is 6.92 Å². The van der Waals surface area contributed by atoms with Gasteiger partial charge in [-0.3, -0.25) is 9.59 Å². The summed E-state index contributed by atoms with van der Waals surface area (Å²) in [5.41, 5.74) is -0.628. The van der Waals surface area contributed by atoms with Crippen LogP contribution in [0.15, 0.2) is 35.1 Å². The highest BCUT2D eigenvalue weighted by molar-refractivity contribution is 6.32. The molecular formula is C14H11ClF3N3O2. The van der Waals surface area contributed by atoms with E-state index in [1.807, 2.05) is 0 Å². The van der Waals surface area contributed by atoms with Crippen LogP contribution in [0.1, 0.15) is 16.2 Å². The predicted octanol–water partition coefficient (Wildman–Crippen LogP) is 2.49. The van der Waals surface area contributed by atoms with Crippen molar-refractivity contribution in [2.75, 3.05) is 6.54 Å². The molecule has 0 aliphatic carbocycles. The van der Waals surface area contributed by atoms with E-state index < -0.39 is 29.8 Å². The lowest BCUT2D eigenvalue weighted by molar-refractivity contribution is -0.123. The number of benzene rings is 1. The van der Waals surface area contributed by atoms with Crippen molar-refractivity contribution >= 4 is 17.5 Å². The van der Waals surface area contributed by atoms with Crippen molar-refractivity contribution in [2.24, 2.45) is 0 Å². The first kappa shape index (κ1) is 17.0. The summed E-state index contributed by atoms with van der Waals surface area (Å²) in [4.78, 5) is 23.6. The molecule has 9 heteroatoms. The summed E-state index contributed by atoms with van der Waals surface area (Å²) >= 11 is 6.04. The first-order chi connectivity index (χ1) is 10.7. The summed E-state index contributed by atoms with van der Waals surface area (Å²) < 4.78 is 37.7. The van der Waals surface area contributed by atoms with Gasteiger partial charge in [0.1, 0.15) is 6.54 Å². The number of nitrogens with zero attached hydrogens (tertiary/aromatic N) is 2. The summed E-state index contributed by atoms with van der Waals surface area (Å²) in [6.45, 7) is 0.0159. The molecule has 1 N–H and O–H groups in total. The average molecular weight is 346 g/mol. The Labute approximate surface area is 133 Å². The standard InChI is InChI=1S/C14H11ClF3N3O2/c1-8-6-11(22)12(13(23)19-7-14(16,17)18)20-21(8)10-5-3-2-4-9(10)15/h2-6H,7H2,1H3,(H,19,23). The van der Waals surface area contributed by atoms with Crippen molar-refractivity contribution in [1.29, 1.82) is 0 Å². The summed E-state index contributed by atoms with van der Waals surface area (Å²) in [6, 6.07) is 7.65. The molecule has 1 aromatic heterocycles. The van der Waals surface area contributed by atoms with E-state index in [4.69, 9.17) is 11.6 Å². The number of hydrogen-bond acceptors (Lipinski definition) is 3. The Bertz CT molecular complexity index is 803. The fourth-order valence-corrected chi connectivity index (χ4v) is 2.05. The molecule has 0 spiro atoms. The third kappa shape index (κ3) is 4.10. The van der Waals surface area contributed by atoms with Gasteiger partial charge >= 0.3 is 6.18 Å². The van der Waals surface area contributed by atoms with Crippen molar-refractivity contribution in [2.45, 2.75) is 13.1 Å². The van der Waals surface area contributed by atoms with Gasteiger partial charge in [-0.1, -0.05) is 23.7 Å². The molecule has 0 atom stereocenters. The van der Waals surface area contributed by atoms with Crippen LogP contribution >= 0.6 is 11.6 Å². The van der Waals surface area contributed by atoms with Gasteiger partial charge in [0.25, 0.3) is 5.91 Å². The average Bonchev–Trinajstić information content (AvgIpc) is 2.45. The molecule has 0 aliphatic rings. The molecule has 2 rings (SSSR count). The van der Waals surface area contributed by atoms with Gasteiger partial charge < -0.3 is 5.32 Å². The van der Waals surface area contributed by atoms with E-state index >= 15 is 0 Å². The molecule has 0 aliphatic heterocycles. The van der Waals surface area contributed by atoms with Crippen LogP contribution in [-0.4, -0.2) is 28.4 Å². The number of para-hydroxylation sites is 1. The van der Waals surface area contributed by atoms with E-state index in [9.17, 15) is 22.8 Å². The van der Waals surface area contributed by atoms with E-state index in [0.29, 0.717) is 16.4 Å². The molecule has 23 heavy (non-hydrogen) atoms. The van der Waals surface area contributed by atoms with Gasteiger partial charge in [-0.25, -0.2) is 4.68 Å². The molecule has 0 saturated carbocycles. The van der Waals surface area contributed by atoms with Crippen LogP contribution in [0.3, 0.4) is 0 Å². The van der Waals surface area contributed by atoms with E-state index in [-0.39, 0.29) is 0 Å². The number of rotatable bonds is 3. The Morgan fingerprint density at radius 1 is 1.35 bits per heavy atom. The maximum atomic E-state index is 12.2. The molecule has 0 bridgehead atoms. The second-order valence-electron chi connectivity index (χ2n) is 4.66. The van der Waals surface area contributed by atoms with Crippen LogP contribution in [0.5, 0.6) is 0 Å². The van der Waals surface area contributed by atoms with Crippen molar-refractivity contribution in [1.82, 2.24) is 15.1 Å². The van der Waals surface area contributed by atoms with Gasteiger partial charge in [-0.05, 0) is 19.1 Å². The van der Waals surface area contributed by atoms with Crippen molar-refractivity contribution in [3.8, 4) is 5.69 Å². The van der Waals surface area contributed by atoms with Gasteiger partial charge in [0.15, 0.2) is 5.69 Å². The Kier molecular flexibility index (Phi) is 4.74. The minimum atomic E-state index is -4.58. The summed E-state index contributed by atoms with van der Waals surface area (Å²) in [5.74, 6) is -1.20. The smallest absolute Gasteiger partial charge is 0.341 e. The van der Waals surface area contributed by atoms with Gasteiger partial charge in [-0.2, -0.15) is 18.3 Å². The van der Waals surface area contributed by atoms with Gasteiger partial charge in [-0.15, -0.1) is 0 Å². The van der Waals surface area contributed by atoms with Gasteiger partial charge in [0.2, 0.25) is 5.43 Å². The third-order valence-corrected chi connectivity index (χ3v) is 3.17. The highest BCUT2D eigenvalue weighted by atomic mass is 35.5. The molecule has 0 radical (unpaired) electrons. The molecule has 2 aromatic rings. The molecule has 1 amide bonds. The number of alkyl halides is 3. The van der Waals surface area contributed by atoms with E-state index in [1.54, 1.807) is 36.5 Å². The molecule has 1 aromatic carbocycles. The second kappa shape index (κ2) is 6.41. The number of hydrogen-bond donors (Lipinski definition) is 1. The zero-order valence-electron chi connectivity index (χ0n) is 11.8. The van der Waals surface area contributed by atoms with Crippen molar-refractivity contribution in [3.05, 3.63) is 57.0 Å². The van der Waals surface area contributed by atoms with Crippen LogP contribution < -0.4 is 10.7 Å². The lowest BCUT2D eigenvalue weighted by Crippen LogP contribution is -2.37. The van der Waals surface area contributed by atoms with E-state index in [2.05, 4.69) is 5.10 Å². The van der Waals surface area contributed by atoms with Gasteiger partial charge in [0.05, 0.1) is 10.7 Å². The third-order valence-electron chi connectivity index (χ3n) is 2.85. The maximum Gasteiger partial charge on any atom is 0.405 e. The Morgan fingerprint density at radius 2 is 2.00 bits per heavy atom. The van der Waals surface area contributed by atoms with Crippen molar-refractivity contribution in [3.63, 3.8) is 0 Å². The normalized spacial score (nSPS) is 11.3. The van der Waals surface area contributed by atoms with Crippen LogP contribution in [0.4, 0.5) is 13.2 Å². The number of amides is 1. The summed E-state index contributed by atoms with van der Waals surface area (Å²) in [6.07, 6.45) is -4.58. The number of carbonyl (C=O) groups is 1. The predicted molar refractivity (Wildman–Crippen MR) is 78.0 cm³/mol. The zero-order chi connectivity index (χ0) is 17.2. The minimum Gasteiger partial charge on any atom is -0.341 e. The zero-order valence-corrected chi connectivity index (χ0v) is 12.6. The number of carbonyl (C=O) groups excluding carboxylic acids is 1. The lowest BCUT2D eigenvalue weighted by atomic mass is 10.2. The first-order valence-electron chi connectivity index (χ1n) is 6.40. The minimum absolute atomic E-state index is 0.313. The fourth-order valence-electron chi connectivity index (χ4n) is 1.84. The largest absolute Gasteiger partial charge is 0.405 e. The lowest BCUT2D eigenvalue weighted by Gasteiger charge is -2.13. The molecule has 5 nitrogen and oxygen atoms in total. The molecular weight excluding hydrogens is 335 g/mol. The Morgan fingerprint density at radius 3 is 2.61 bits per heavy atom. The summed E-state index contributed by atoms with van der Waals surface area (Å²) in [7, 11) is 0. The van der Waals surface area contributed by atoms with E-state index in [0.717, 1.165) is 6.07 Å². The van der Waals surface area contributed by atoms with Crippen molar-refractivity contribution < 1.29 is 18.0 Å².